The molecule has 0 unspecified atom stereocenters. The van der Waals surface area contributed by atoms with Crippen molar-refractivity contribution in [1.82, 2.24) is 9.38 Å². The summed E-state index contributed by atoms with van der Waals surface area (Å²) in [7, 11) is 0. The smallest absolute Gasteiger partial charge is 0.390 e. The molecule has 0 saturated carbocycles. The van der Waals surface area contributed by atoms with Gasteiger partial charge >= 0.3 is 6.18 Å². The van der Waals surface area contributed by atoms with Gasteiger partial charge in [-0.2, -0.15) is 13.2 Å². The van der Waals surface area contributed by atoms with Crippen molar-refractivity contribution in [3.05, 3.63) is 59.9 Å². The fraction of sp³-hybridized carbons (Fsp3) is 0.133. The van der Waals surface area contributed by atoms with Crippen LogP contribution in [0.1, 0.15) is 11.3 Å². The standard InChI is InChI=1S/C15H11F3N2O/c16-15(17,18)11-6-7-13-19-14(10-4-2-1-3-5-10)12(9-21)20(13)8-11/h1-8,21H,9H2. The van der Waals surface area contributed by atoms with Gasteiger partial charge in [-0.3, -0.25) is 0 Å². The van der Waals surface area contributed by atoms with Gasteiger partial charge in [-0.1, -0.05) is 30.3 Å². The van der Waals surface area contributed by atoms with Crippen molar-refractivity contribution in [2.75, 3.05) is 0 Å². The highest BCUT2D eigenvalue weighted by Gasteiger charge is 2.31. The number of alkyl halides is 3. The van der Waals surface area contributed by atoms with Crippen LogP contribution in [-0.4, -0.2) is 14.5 Å². The van der Waals surface area contributed by atoms with E-state index in [9.17, 15) is 18.3 Å². The number of hydrogen-bond donors (Lipinski definition) is 1. The Bertz CT molecular complexity index is 779. The fourth-order valence-electron chi connectivity index (χ4n) is 2.24. The van der Waals surface area contributed by atoms with Crippen molar-refractivity contribution in [1.29, 1.82) is 0 Å². The number of hydrogen-bond acceptors (Lipinski definition) is 2. The lowest BCUT2D eigenvalue weighted by Gasteiger charge is -2.07. The maximum absolute atomic E-state index is 12.8. The first-order valence-electron chi connectivity index (χ1n) is 6.25. The van der Waals surface area contributed by atoms with E-state index in [-0.39, 0.29) is 0 Å². The summed E-state index contributed by atoms with van der Waals surface area (Å²) in [5, 5.41) is 9.52. The minimum Gasteiger partial charge on any atom is -0.390 e. The van der Waals surface area contributed by atoms with Gasteiger partial charge in [-0.25, -0.2) is 4.98 Å². The molecule has 0 aliphatic carbocycles. The Balaban J connectivity index is 2.24. The van der Waals surface area contributed by atoms with Gasteiger partial charge in [-0.05, 0) is 12.1 Å². The Morgan fingerprint density at radius 2 is 1.76 bits per heavy atom. The van der Waals surface area contributed by atoms with Crippen LogP contribution in [0.3, 0.4) is 0 Å². The van der Waals surface area contributed by atoms with Crippen molar-refractivity contribution >= 4 is 5.65 Å². The number of aliphatic hydroxyl groups is 1. The number of pyridine rings is 1. The van der Waals surface area contributed by atoms with E-state index in [1.165, 1.54) is 10.5 Å². The Labute approximate surface area is 118 Å². The van der Waals surface area contributed by atoms with Crippen LogP contribution in [0.5, 0.6) is 0 Å². The molecular weight excluding hydrogens is 281 g/mol. The summed E-state index contributed by atoms with van der Waals surface area (Å²) in [4.78, 5) is 4.31. The minimum atomic E-state index is -4.43. The molecule has 21 heavy (non-hydrogen) atoms. The van der Waals surface area contributed by atoms with E-state index < -0.39 is 18.3 Å². The van der Waals surface area contributed by atoms with E-state index >= 15 is 0 Å². The highest BCUT2D eigenvalue weighted by molar-refractivity contribution is 5.66. The predicted octanol–water partition coefficient (Wildman–Crippen LogP) is 3.51. The Morgan fingerprint density at radius 1 is 1.05 bits per heavy atom. The third kappa shape index (κ3) is 2.38. The molecule has 0 aliphatic rings. The molecular formula is C15H11F3N2O. The molecule has 0 fully saturated rings. The van der Waals surface area contributed by atoms with Crippen molar-refractivity contribution in [2.45, 2.75) is 12.8 Å². The number of aliphatic hydroxyl groups excluding tert-OH is 1. The van der Waals surface area contributed by atoms with Crippen molar-refractivity contribution in [3.63, 3.8) is 0 Å². The van der Waals surface area contributed by atoms with Gasteiger partial charge in [0, 0.05) is 11.8 Å². The van der Waals surface area contributed by atoms with Crippen LogP contribution < -0.4 is 0 Å². The molecule has 2 heterocycles. The van der Waals surface area contributed by atoms with E-state index in [0.29, 0.717) is 17.0 Å². The lowest BCUT2D eigenvalue weighted by Crippen LogP contribution is -2.07. The van der Waals surface area contributed by atoms with E-state index in [0.717, 1.165) is 17.8 Å². The topological polar surface area (TPSA) is 37.5 Å². The quantitative estimate of drug-likeness (QED) is 0.785. The molecule has 0 radical (unpaired) electrons. The van der Waals surface area contributed by atoms with Crippen LogP contribution in [0, 0.1) is 0 Å². The van der Waals surface area contributed by atoms with Crippen LogP contribution in [0.2, 0.25) is 0 Å². The van der Waals surface area contributed by atoms with Crippen LogP contribution in [0.4, 0.5) is 13.2 Å². The Morgan fingerprint density at radius 3 is 2.38 bits per heavy atom. The SMILES string of the molecule is OCc1c(-c2ccccc2)nc2ccc(C(F)(F)F)cn12. The zero-order chi connectivity index (χ0) is 15.0. The largest absolute Gasteiger partial charge is 0.417 e. The van der Waals surface area contributed by atoms with Gasteiger partial charge in [0.05, 0.1) is 23.6 Å². The summed E-state index contributed by atoms with van der Waals surface area (Å²) in [5.41, 5.74) is 1.16. The number of halogens is 3. The summed E-state index contributed by atoms with van der Waals surface area (Å²) in [5.74, 6) is 0. The molecule has 3 aromatic rings. The molecule has 0 bridgehead atoms. The molecule has 0 amide bonds. The summed E-state index contributed by atoms with van der Waals surface area (Å²) >= 11 is 0. The van der Waals surface area contributed by atoms with Gasteiger partial charge in [-0.15, -0.1) is 0 Å². The molecule has 1 aromatic carbocycles. The summed E-state index contributed by atoms with van der Waals surface area (Å²) in [6.45, 7) is -0.396. The monoisotopic (exact) mass is 292 g/mol. The van der Waals surface area contributed by atoms with Crippen LogP contribution in [0.25, 0.3) is 16.9 Å². The van der Waals surface area contributed by atoms with E-state index in [1.54, 1.807) is 12.1 Å². The van der Waals surface area contributed by atoms with Crippen molar-refractivity contribution in [3.8, 4) is 11.3 Å². The number of rotatable bonds is 2. The van der Waals surface area contributed by atoms with Crippen LogP contribution in [0.15, 0.2) is 48.7 Å². The van der Waals surface area contributed by atoms with Gasteiger partial charge in [0.25, 0.3) is 0 Å². The number of benzene rings is 1. The molecule has 3 rings (SSSR count). The molecule has 3 nitrogen and oxygen atoms in total. The second-order valence-corrected chi connectivity index (χ2v) is 4.57. The van der Waals surface area contributed by atoms with Gasteiger partial charge < -0.3 is 9.51 Å². The first kappa shape index (κ1) is 13.6. The molecule has 0 spiro atoms. The zero-order valence-corrected chi connectivity index (χ0v) is 10.8. The maximum Gasteiger partial charge on any atom is 0.417 e. The van der Waals surface area contributed by atoms with Gasteiger partial charge in [0.15, 0.2) is 0 Å². The third-order valence-electron chi connectivity index (χ3n) is 3.24. The second kappa shape index (κ2) is 4.89. The average molecular weight is 292 g/mol. The zero-order valence-electron chi connectivity index (χ0n) is 10.8. The van der Waals surface area contributed by atoms with E-state index in [4.69, 9.17) is 0 Å². The molecule has 2 aromatic heterocycles. The lowest BCUT2D eigenvalue weighted by molar-refractivity contribution is -0.137. The van der Waals surface area contributed by atoms with E-state index in [1.807, 2.05) is 18.2 Å². The van der Waals surface area contributed by atoms with Crippen molar-refractivity contribution < 1.29 is 18.3 Å². The van der Waals surface area contributed by atoms with Crippen molar-refractivity contribution in [2.24, 2.45) is 0 Å². The first-order chi connectivity index (χ1) is 10.0. The summed E-state index contributed by atoms with van der Waals surface area (Å²) < 4.78 is 39.6. The number of nitrogens with zero attached hydrogens (tertiary/aromatic N) is 2. The van der Waals surface area contributed by atoms with Crippen LogP contribution in [-0.2, 0) is 12.8 Å². The van der Waals surface area contributed by atoms with Gasteiger partial charge in [0.2, 0.25) is 0 Å². The molecule has 0 saturated heterocycles. The predicted molar refractivity (Wildman–Crippen MR) is 71.6 cm³/mol. The van der Waals surface area contributed by atoms with Crippen LogP contribution >= 0.6 is 0 Å². The fourth-order valence-corrected chi connectivity index (χ4v) is 2.24. The Hall–Kier alpha value is -2.34. The Kier molecular flexibility index (Phi) is 3.17. The summed E-state index contributed by atoms with van der Waals surface area (Å²) in [6, 6.07) is 11.3. The van der Waals surface area contributed by atoms with Gasteiger partial charge in [0.1, 0.15) is 5.65 Å². The lowest BCUT2D eigenvalue weighted by atomic mass is 10.1. The van der Waals surface area contributed by atoms with E-state index in [2.05, 4.69) is 4.98 Å². The average Bonchev–Trinajstić information content (AvgIpc) is 2.84. The normalized spacial score (nSPS) is 12.0. The molecule has 108 valence electrons. The third-order valence-corrected chi connectivity index (χ3v) is 3.24. The summed E-state index contributed by atoms with van der Waals surface area (Å²) in [6.07, 6.45) is -3.47. The highest BCUT2D eigenvalue weighted by atomic mass is 19.4. The number of imidazole rings is 1. The second-order valence-electron chi connectivity index (χ2n) is 4.57. The highest BCUT2D eigenvalue weighted by Crippen LogP contribution is 2.31. The first-order valence-corrected chi connectivity index (χ1v) is 6.25. The molecule has 0 atom stereocenters. The number of aromatic nitrogens is 2. The molecule has 6 heteroatoms. The minimum absolute atomic E-state index is 0.335. The maximum atomic E-state index is 12.8. The number of fused-ring (bicyclic) bond motifs is 1. The molecule has 0 aliphatic heterocycles. The molecule has 1 N–H and O–H groups in total.